The number of fused-ring (bicyclic) bond motifs is 1. The third-order valence-electron chi connectivity index (χ3n) is 3.00. The molecule has 2 rings (SSSR count). The van der Waals surface area contributed by atoms with Crippen LogP contribution in [0.4, 0.5) is 5.82 Å². The van der Waals surface area contributed by atoms with Gasteiger partial charge in [-0.05, 0) is 51.2 Å². The van der Waals surface area contributed by atoms with Crippen LogP contribution in [0.5, 0.6) is 0 Å². The van der Waals surface area contributed by atoms with Crippen molar-refractivity contribution in [3.05, 3.63) is 23.4 Å². The Morgan fingerprint density at radius 3 is 2.94 bits per heavy atom. The monoisotopic (exact) mass is 238 g/mol. The minimum absolute atomic E-state index is 0.205. The molecule has 88 valence electrons. The van der Waals surface area contributed by atoms with Crippen LogP contribution in [-0.4, -0.2) is 16.4 Å². The molecule has 0 bridgehead atoms. The lowest BCUT2D eigenvalue weighted by molar-refractivity contribution is 0.693. The summed E-state index contributed by atoms with van der Waals surface area (Å²) in [5.41, 5.74) is 2.69. The number of alkyl halides is 1. The molecule has 1 heterocycles. The number of nitrogens with one attached hydrogen (secondary N) is 1. The van der Waals surface area contributed by atoms with Crippen molar-refractivity contribution in [1.82, 2.24) is 4.98 Å². The fraction of sp³-hybridized carbons (Fsp3) is 0.615. The van der Waals surface area contributed by atoms with Crippen LogP contribution in [0.2, 0.25) is 0 Å². The first-order chi connectivity index (χ1) is 7.65. The average molecular weight is 239 g/mol. The highest BCUT2D eigenvalue weighted by Gasteiger charge is 2.13. The van der Waals surface area contributed by atoms with Gasteiger partial charge in [0.1, 0.15) is 5.82 Å². The first kappa shape index (κ1) is 11.7. The SMILES string of the molecule is CC(Cl)CC(C)Nc1ccc2c(n1)CCC2. The van der Waals surface area contributed by atoms with Crippen molar-refractivity contribution in [3.8, 4) is 0 Å². The molecular weight excluding hydrogens is 220 g/mol. The van der Waals surface area contributed by atoms with Crippen molar-refractivity contribution in [2.45, 2.75) is 50.9 Å². The van der Waals surface area contributed by atoms with Crippen LogP contribution in [0.1, 0.15) is 37.9 Å². The molecule has 0 aromatic carbocycles. The number of aromatic nitrogens is 1. The van der Waals surface area contributed by atoms with Gasteiger partial charge in [-0.15, -0.1) is 11.6 Å². The zero-order chi connectivity index (χ0) is 11.5. The van der Waals surface area contributed by atoms with E-state index in [9.17, 15) is 0 Å². The fourth-order valence-electron chi connectivity index (χ4n) is 2.30. The van der Waals surface area contributed by atoms with Gasteiger partial charge in [0.15, 0.2) is 0 Å². The third kappa shape index (κ3) is 2.88. The van der Waals surface area contributed by atoms with E-state index in [0.717, 1.165) is 18.7 Å². The maximum atomic E-state index is 5.97. The Kier molecular flexibility index (Phi) is 3.70. The summed E-state index contributed by atoms with van der Waals surface area (Å²) in [6, 6.07) is 4.66. The van der Waals surface area contributed by atoms with Gasteiger partial charge in [0, 0.05) is 17.1 Å². The second-order valence-corrected chi connectivity index (χ2v) is 5.46. The number of pyridine rings is 1. The number of aryl methyl sites for hydroxylation is 2. The molecule has 1 aliphatic rings. The molecule has 2 unspecified atom stereocenters. The molecule has 1 aromatic rings. The zero-order valence-electron chi connectivity index (χ0n) is 9.96. The maximum Gasteiger partial charge on any atom is 0.126 e. The number of rotatable bonds is 4. The molecule has 0 amide bonds. The summed E-state index contributed by atoms with van der Waals surface area (Å²) in [6.07, 6.45) is 4.53. The van der Waals surface area contributed by atoms with Gasteiger partial charge < -0.3 is 5.32 Å². The van der Waals surface area contributed by atoms with E-state index in [0.29, 0.717) is 6.04 Å². The molecule has 1 aromatic heterocycles. The first-order valence-corrected chi connectivity index (χ1v) is 6.48. The lowest BCUT2D eigenvalue weighted by Gasteiger charge is -2.16. The highest BCUT2D eigenvalue weighted by atomic mass is 35.5. The number of anilines is 1. The topological polar surface area (TPSA) is 24.9 Å². The summed E-state index contributed by atoms with van der Waals surface area (Å²) in [5, 5.41) is 3.61. The van der Waals surface area contributed by atoms with Crippen molar-refractivity contribution in [3.63, 3.8) is 0 Å². The quantitative estimate of drug-likeness (QED) is 0.814. The van der Waals surface area contributed by atoms with Crippen molar-refractivity contribution in [2.75, 3.05) is 5.32 Å². The van der Waals surface area contributed by atoms with Crippen molar-refractivity contribution >= 4 is 17.4 Å². The lowest BCUT2D eigenvalue weighted by atomic mass is 10.2. The van der Waals surface area contributed by atoms with Crippen LogP contribution in [0.15, 0.2) is 12.1 Å². The number of hydrogen-bond acceptors (Lipinski definition) is 2. The van der Waals surface area contributed by atoms with E-state index in [1.807, 2.05) is 6.92 Å². The highest BCUT2D eigenvalue weighted by Crippen LogP contribution is 2.22. The Hall–Kier alpha value is -0.760. The van der Waals surface area contributed by atoms with E-state index in [4.69, 9.17) is 11.6 Å². The van der Waals surface area contributed by atoms with Crippen LogP contribution in [0.3, 0.4) is 0 Å². The molecule has 0 saturated carbocycles. The molecule has 2 nitrogen and oxygen atoms in total. The molecule has 16 heavy (non-hydrogen) atoms. The summed E-state index contributed by atoms with van der Waals surface area (Å²) in [4.78, 5) is 4.65. The number of nitrogens with zero attached hydrogens (tertiary/aromatic N) is 1. The summed E-state index contributed by atoms with van der Waals surface area (Å²) in [6.45, 7) is 4.17. The molecule has 0 saturated heterocycles. The largest absolute Gasteiger partial charge is 0.368 e. The van der Waals surface area contributed by atoms with E-state index >= 15 is 0 Å². The van der Waals surface area contributed by atoms with Crippen molar-refractivity contribution in [1.29, 1.82) is 0 Å². The Balaban J connectivity index is 1.99. The van der Waals surface area contributed by atoms with Crippen LogP contribution in [0.25, 0.3) is 0 Å². The van der Waals surface area contributed by atoms with Gasteiger partial charge in [0.05, 0.1) is 0 Å². The molecule has 0 spiro atoms. The van der Waals surface area contributed by atoms with E-state index < -0.39 is 0 Å². The number of halogens is 1. The van der Waals surface area contributed by atoms with E-state index in [1.165, 1.54) is 24.1 Å². The van der Waals surface area contributed by atoms with Gasteiger partial charge in [-0.3, -0.25) is 0 Å². The van der Waals surface area contributed by atoms with Crippen LogP contribution in [-0.2, 0) is 12.8 Å². The van der Waals surface area contributed by atoms with Gasteiger partial charge in [-0.1, -0.05) is 6.07 Å². The van der Waals surface area contributed by atoms with Gasteiger partial charge in [0.2, 0.25) is 0 Å². The highest BCUT2D eigenvalue weighted by molar-refractivity contribution is 6.20. The van der Waals surface area contributed by atoms with Crippen LogP contribution in [0, 0.1) is 0 Å². The minimum Gasteiger partial charge on any atom is -0.368 e. The molecule has 2 atom stereocenters. The molecule has 3 heteroatoms. The second kappa shape index (κ2) is 5.05. The van der Waals surface area contributed by atoms with E-state index in [2.05, 4.69) is 29.4 Å². The van der Waals surface area contributed by atoms with Crippen molar-refractivity contribution in [2.24, 2.45) is 0 Å². The molecule has 0 aliphatic heterocycles. The van der Waals surface area contributed by atoms with Gasteiger partial charge in [0.25, 0.3) is 0 Å². The summed E-state index contributed by atoms with van der Waals surface area (Å²) < 4.78 is 0. The second-order valence-electron chi connectivity index (χ2n) is 4.72. The molecule has 1 aliphatic carbocycles. The Bertz CT molecular complexity index is 363. The molecule has 1 N–H and O–H groups in total. The van der Waals surface area contributed by atoms with E-state index in [-0.39, 0.29) is 5.38 Å². The summed E-state index contributed by atoms with van der Waals surface area (Å²) >= 11 is 5.97. The Labute approximate surface area is 102 Å². The minimum atomic E-state index is 0.205. The van der Waals surface area contributed by atoms with Crippen LogP contribution < -0.4 is 5.32 Å². The average Bonchev–Trinajstić information content (AvgIpc) is 2.63. The normalized spacial score (nSPS) is 17.9. The summed E-state index contributed by atoms with van der Waals surface area (Å²) in [5.74, 6) is 0.991. The Morgan fingerprint density at radius 1 is 1.38 bits per heavy atom. The molecular formula is C13H19ClN2. The van der Waals surface area contributed by atoms with Gasteiger partial charge in [-0.2, -0.15) is 0 Å². The van der Waals surface area contributed by atoms with Crippen molar-refractivity contribution < 1.29 is 0 Å². The van der Waals surface area contributed by atoms with Gasteiger partial charge >= 0.3 is 0 Å². The lowest BCUT2D eigenvalue weighted by Crippen LogP contribution is -2.19. The Morgan fingerprint density at radius 2 is 2.19 bits per heavy atom. The summed E-state index contributed by atoms with van der Waals surface area (Å²) in [7, 11) is 0. The zero-order valence-corrected chi connectivity index (χ0v) is 10.7. The number of hydrogen-bond donors (Lipinski definition) is 1. The molecule has 0 radical (unpaired) electrons. The van der Waals surface area contributed by atoms with E-state index in [1.54, 1.807) is 0 Å². The predicted molar refractivity (Wildman–Crippen MR) is 69.3 cm³/mol. The fourth-order valence-corrected chi connectivity index (χ4v) is 2.57. The third-order valence-corrected chi connectivity index (χ3v) is 3.18. The van der Waals surface area contributed by atoms with Crippen LogP contribution >= 0.6 is 11.6 Å². The maximum absolute atomic E-state index is 5.97. The predicted octanol–water partition coefficient (Wildman–Crippen LogP) is 3.39. The first-order valence-electron chi connectivity index (χ1n) is 6.04. The molecule has 0 fully saturated rings. The standard InChI is InChI=1S/C13H19ClN2/c1-9(14)8-10(2)15-13-7-6-11-4-3-5-12(11)16-13/h6-7,9-10H,3-5,8H2,1-2H3,(H,15,16). The smallest absolute Gasteiger partial charge is 0.126 e. The van der Waals surface area contributed by atoms with Gasteiger partial charge in [-0.25, -0.2) is 4.98 Å².